The Labute approximate surface area is 116 Å². The summed E-state index contributed by atoms with van der Waals surface area (Å²) < 4.78 is 18.9. The van der Waals surface area contributed by atoms with Gasteiger partial charge in [-0.15, -0.1) is 0 Å². The predicted molar refractivity (Wildman–Crippen MR) is 74.4 cm³/mol. The molecule has 1 aromatic heterocycles. The summed E-state index contributed by atoms with van der Waals surface area (Å²) in [5.74, 6) is -0.521. The zero-order valence-corrected chi connectivity index (χ0v) is 11.3. The van der Waals surface area contributed by atoms with Crippen molar-refractivity contribution < 1.29 is 13.9 Å². The molecule has 0 unspecified atom stereocenters. The quantitative estimate of drug-likeness (QED) is 0.931. The van der Waals surface area contributed by atoms with E-state index < -0.39 is 11.7 Å². The van der Waals surface area contributed by atoms with Crippen molar-refractivity contribution in [1.82, 2.24) is 4.98 Å². The summed E-state index contributed by atoms with van der Waals surface area (Å²) in [7, 11) is 0. The predicted octanol–water partition coefficient (Wildman–Crippen LogP) is 3.26. The lowest BCUT2D eigenvalue weighted by Gasteiger charge is -2.10. The average Bonchev–Trinajstić information content (AvgIpc) is 2.41. The van der Waals surface area contributed by atoms with E-state index in [1.807, 2.05) is 13.8 Å². The van der Waals surface area contributed by atoms with Crippen LogP contribution in [0.2, 0.25) is 0 Å². The maximum Gasteiger partial charge on any atom is 0.277 e. The molecule has 0 fully saturated rings. The van der Waals surface area contributed by atoms with Gasteiger partial charge in [0.1, 0.15) is 5.75 Å². The van der Waals surface area contributed by atoms with Crippen molar-refractivity contribution in [3.63, 3.8) is 0 Å². The van der Waals surface area contributed by atoms with Crippen molar-refractivity contribution in [3.8, 4) is 5.75 Å². The number of carbonyl (C=O) groups is 1. The monoisotopic (exact) mass is 274 g/mol. The van der Waals surface area contributed by atoms with Crippen molar-refractivity contribution in [3.05, 3.63) is 54.1 Å². The molecule has 0 aliphatic heterocycles. The maximum absolute atomic E-state index is 13.4. The Morgan fingerprint density at radius 1 is 1.25 bits per heavy atom. The second-order valence-corrected chi connectivity index (χ2v) is 4.48. The minimum Gasteiger partial charge on any atom is -0.491 e. The molecular weight excluding hydrogens is 259 g/mol. The Morgan fingerprint density at radius 2 is 1.95 bits per heavy atom. The summed E-state index contributed by atoms with van der Waals surface area (Å²) >= 11 is 0. The van der Waals surface area contributed by atoms with Gasteiger partial charge >= 0.3 is 0 Å². The van der Waals surface area contributed by atoms with Crippen molar-refractivity contribution in [2.24, 2.45) is 0 Å². The van der Waals surface area contributed by atoms with Gasteiger partial charge in [-0.1, -0.05) is 0 Å². The van der Waals surface area contributed by atoms with Gasteiger partial charge in [0.2, 0.25) is 0 Å². The molecule has 0 spiro atoms. The van der Waals surface area contributed by atoms with Gasteiger partial charge in [0.05, 0.1) is 6.10 Å². The zero-order chi connectivity index (χ0) is 14.5. The molecule has 1 amide bonds. The van der Waals surface area contributed by atoms with Crippen LogP contribution in [0.5, 0.6) is 5.75 Å². The number of pyridine rings is 1. The van der Waals surface area contributed by atoms with Crippen LogP contribution in [0.4, 0.5) is 10.1 Å². The minimum absolute atomic E-state index is 0.0815. The second-order valence-electron chi connectivity index (χ2n) is 4.48. The number of rotatable bonds is 4. The summed E-state index contributed by atoms with van der Waals surface area (Å²) in [5, 5.41) is 2.58. The van der Waals surface area contributed by atoms with Crippen LogP contribution < -0.4 is 10.1 Å². The van der Waals surface area contributed by atoms with E-state index in [1.165, 1.54) is 18.3 Å². The van der Waals surface area contributed by atoms with Crippen molar-refractivity contribution in [1.29, 1.82) is 0 Å². The first-order valence-electron chi connectivity index (χ1n) is 6.25. The highest BCUT2D eigenvalue weighted by atomic mass is 19.1. The molecule has 0 aliphatic carbocycles. The Bertz CT molecular complexity index is 597. The number of ether oxygens (including phenoxy) is 1. The standard InChI is InChI=1S/C15H15FN2O2/c1-10(2)20-12-7-5-11(6-8-12)18-15(19)14-13(16)4-3-9-17-14/h3-10H,1-2H3,(H,18,19). The summed E-state index contributed by atoms with van der Waals surface area (Å²) in [6.45, 7) is 3.86. The van der Waals surface area contributed by atoms with E-state index in [2.05, 4.69) is 10.3 Å². The number of hydrogen-bond acceptors (Lipinski definition) is 3. The fourth-order valence-corrected chi connectivity index (χ4v) is 1.63. The summed E-state index contributed by atoms with van der Waals surface area (Å²) in [6.07, 6.45) is 1.45. The largest absolute Gasteiger partial charge is 0.491 e. The van der Waals surface area contributed by atoms with Gasteiger partial charge in [0.15, 0.2) is 11.5 Å². The molecular formula is C15H15FN2O2. The topological polar surface area (TPSA) is 51.2 Å². The van der Waals surface area contributed by atoms with E-state index in [0.29, 0.717) is 11.4 Å². The molecule has 5 heteroatoms. The summed E-state index contributed by atoms with van der Waals surface area (Å²) in [6, 6.07) is 9.49. The van der Waals surface area contributed by atoms with Gasteiger partial charge < -0.3 is 10.1 Å². The van der Waals surface area contributed by atoms with E-state index >= 15 is 0 Å². The van der Waals surface area contributed by atoms with Crippen LogP contribution in [-0.2, 0) is 0 Å². The smallest absolute Gasteiger partial charge is 0.277 e. The number of carbonyl (C=O) groups excluding carboxylic acids is 1. The molecule has 0 atom stereocenters. The molecule has 1 aromatic carbocycles. The molecule has 1 N–H and O–H groups in total. The fourth-order valence-electron chi connectivity index (χ4n) is 1.63. The fraction of sp³-hybridized carbons (Fsp3) is 0.200. The maximum atomic E-state index is 13.4. The molecule has 2 rings (SSSR count). The molecule has 2 aromatic rings. The van der Waals surface area contributed by atoms with Crippen molar-refractivity contribution >= 4 is 11.6 Å². The molecule has 104 valence electrons. The first-order valence-corrected chi connectivity index (χ1v) is 6.25. The van der Waals surface area contributed by atoms with E-state index in [4.69, 9.17) is 4.74 Å². The van der Waals surface area contributed by atoms with E-state index in [9.17, 15) is 9.18 Å². The van der Waals surface area contributed by atoms with Gasteiger partial charge in [0, 0.05) is 11.9 Å². The first kappa shape index (κ1) is 14.0. The van der Waals surface area contributed by atoms with Crippen LogP contribution in [0.1, 0.15) is 24.3 Å². The van der Waals surface area contributed by atoms with Crippen LogP contribution >= 0.6 is 0 Å². The molecule has 0 aliphatic rings. The molecule has 4 nitrogen and oxygen atoms in total. The number of benzene rings is 1. The van der Waals surface area contributed by atoms with Crippen LogP contribution in [0.15, 0.2) is 42.6 Å². The first-order chi connectivity index (χ1) is 9.56. The van der Waals surface area contributed by atoms with Gasteiger partial charge in [0.25, 0.3) is 5.91 Å². The van der Waals surface area contributed by atoms with Gasteiger partial charge in [-0.2, -0.15) is 0 Å². The number of aromatic nitrogens is 1. The number of nitrogens with one attached hydrogen (secondary N) is 1. The molecule has 1 heterocycles. The van der Waals surface area contributed by atoms with Crippen molar-refractivity contribution in [2.45, 2.75) is 20.0 Å². The summed E-state index contributed by atoms with van der Waals surface area (Å²) in [5.41, 5.74) is 0.325. The van der Waals surface area contributed by atoms with E-state index in [-0.39, 0.29) is 11.8 Å². The number of amides is 1. The number of anilines is 1. The highest BCUT2D eigenvalue weighted by molar-refractivity contribution is 6.03. The average molecular weight is 274 g/mol. The van der Waals surface area contributed by atoms with Gasteiger partial charge in [-0.3, -0.25) is 4.79 Å². The SMILES string of the molecule is CC(C)Oc1ccc(NC(=O)c2ncccc2F)cc1. The Balaban J connectivity index is 2.07. The van der Waals surface area contributed by atoms with Gasteiger partial charge in [-0.25, -0.2) is 9.37 Å². The normalized spacial score (nSPS) is 10.4. The van der Waals surface area contributed by atoms with E-state index in [0.717, 1.165) is 0 Å². The minimum atomic E-state index is -0.648. The van der Waals surface area contributed by atoms with Crippen molar-refractivity contribution in [2.75, 3.05) is 5.32 Å². The van der Waals surface area contributed by atoms with Crippen LogP contribution in [0.25, 0.3) is 0 Å². The highest BCUT2D eigenvalue weighted by Crippen LogP contribution is 2.17. The Kier molecular flexibility index (Phi) is 4.30. The molecule has 0 saturated heterocycles. The molecule has 0 radical (unpaired) electrons. The number of halogens is 1. The van der Waals surface area contributed by atoms with E-state index in [1.54, 1.807) is 24.3 Å². The molecule has 0 saturated carbocycles. The number of nitrogens with zero attached hydrogens (tertiary/aromatic N) is 1. The lowest BCUT2D eigenvalue weighted by atomic mass is 10.2. The third-order valence-electron chi connectivity index (χ3n) is 2.46. The number of hydrogen-bond donors (Lipinski definition) is 1. The lowest BCUT2D eigenvalue weighted by molar-refractivity contribution is 0.101. The highest BCUT2D eigenvalue weighted by Gasteiger charge is 2.12. The third-order valence-corrected chi connectivity index (χ3v) is 2.46. The van der Waals surface area contributed by atoms with Crippen LogP contribution in [0.3, 0.4) is 0 Å². The molecule has 0 bridgehead atoms. The Morgan fingerprint density at radius 3 is 2.55 bits per heavy atom. The van der Waals surface area contributed by atoms with Crippen LogP contribution in [0, 0.1) is 5.82 Å². The molecule has 20 heavy (non-hydrogen) atoms. The summed E-state index contributed by atoms with van der Waals surface area (Å²) in [4.78, 5) is 15.6. The second kappa shape index (κ2) is 6.14. The van der Waals surface area contributed by atoms with Gasteiger partial charge in [-0.05, 0) is 50.2 Å². The lowest BCUT2D eigenvalue weighted by Crippen LogP contribution is -2.15. The third kappa shape index (κ3) is 3.54. The Hall–Kier alpha value is -2.43. The van der Waals surface area contributed by atoms with Crippen LogP contribution in [-0.4, -0.2) is 17.0 Å². The zero-order valence-electron chi connectivity index (χ0n) is 11.3.